The molecule has 1 aliphatic heterocycles. The van der Waals surface area contributed by atoms with Crippen molar-refractivity contribution < 1.29 is 13.2 Å². The lowest BCUT2D eigenvalue weighted by atomic mass is 9.97. The number of amides is 1. The summed E-state index contributed by atoms with van der Waals surface area (Å²) in [6, 6.07) is 14.0. The number of nitrogens with zero attached hydrogens (tertiary/aromatic N) is 3. The standard InChI is InChI=1S/C24H26N4O3S/c1-3-28(4-2)14-15-32(30,31)18-9-7-17(8-10-18)26-16-20-23-19-6-5-13-25-21(19)11-12-22(23)27-24(20)29/h5-13,16,20H,3-4,14-15H2,1-2H3,(H,27,29). The van der Waals surface area contributed by atoms with Gasteiger partial charge in [-0.3, -0.25) is 14.8 Å². The number of aromatic nitrogens is 1. The van der Waals surface area contributed by atoms with Gasteiger partial charge in [-0.1, -0.05) is 19.9 Å². The molecule has 0 fully saturated rings. The minimum atomic E-state index is -3.36. The Morgan fingerprint density at radius 1 is 1.09 bits per heavy atom. The van der Waals surface area contributed by atoms with Gasteiger partial charge in [-0.2, -0.15) is 0 Å². The zero-order valence-corrected chi connectivity index (χ0v) is 19.0. The number of benzene rings is 2. The minimum Gasteiger partial charge on any atom is -0.325 e. The molecular formula is C24H26N4O3S. The largest absolute Gasteiger partial charge is 0.325 e. The Balaban J connectivity index is 1.53. The van der Waals surface area contributed by atoms with Crippen LogP contribution in [-0.4, -0.2) is 55.8 Å². The van der Waals surface area contributed by atoms with Crippen LogP contribution in [0.5, 0.6) is 0 Å². The molecule has 7 nitrogen and oxygen atoms in total. The van der Waals surface area contributed by atoms with Gasteiger partial charge in [0.1, 0.15) is 5.92 Å². The Kier molecular flexibility index (Phi) is 6.34. The number of carbonyl (C=O) groups is 1. The summed E-state index contributed by atoms with van der Waals surface area (Å²) in [7, 11) is -3.36. The first kappa shape index (κ1) is 22.1. The van der Waals surface area contributed by atoms with Gasteiger partial charge >= 0.3 is 0 Å². The molecule has 1 unspecified atom stereocenters. The average Bonchev–Trinajstić information content (AvgIpc) is 3.14. The van der Waals surface area contributed by atoms with E-state index in [-0.39, 0.29) is 16.6 Å². The van der Waals surface area contributed by atoms with E-state index in [1.807, 2.05) is 38.1 Å². The molecule has 8 heteroatoms. The highest BCUT2D eigenvalue weighted by molar-refractivity contribution is 7.91. The fourth-order valence-electron chi connectivity index (χ4n) is 3.91. The molecule has 32 heavy (non-hydrogen) atoms. The molecule has 166 valence electrons. The fraction of sp³-hybridized carbons (Fsp3) is 0.292. The summed E-state index contributed by atoms with van der Waals surface area (Å²) in [5.74, 6) is -0.594. The van der Waals surface area contributed by atoms with Crippen molar-refractivity contribution in [2.75, 3.05) is 30.7 Å². The molecule has 1 amide bonds. The molecule has 1 atom stereocenters. The Morgan fingerprint density at radius 3 is 2.56 bits per heavy atom. The molecule has 2 heterocycles. The highest BCUT2D eigenvalue weighted by Crippen LogP contribution is 2.37. The first-order valence-corrected chi connectivity index (χ1v) is 12.4. The summed E-state index contributed by atoms with van der Waals surface area (Å²) in [6.45, 7) is 6.19. The maximum atomic E-state index is 12.6. The second-order valence-electron chi connectivity index (χ2n) is 7.68. The van der Waals surface area contributed by atoms with Crippen molar-refractivity contribution in [3.05, 3.63) is 60.3 Å². The summed E-state index contributed by atoms with van der Waals surface area (Å²) in [6.07, 6.45) is 3.33. The van der Waals surface area contributed by atoms with Gasteiger partial charge in [-0.15, -0.1) is 0 Å². The number of hydrogen-bond donors (Lipinski definition) is 1. The van der Waals surface area contributed by atoms with E-state index < -0.39 is 15.8 Å². The summed E-state index contributed by atoms with van der Waals surface area (Å²) < 4.78 is 25.3. The van der Waals surface area contributed by atoms with E-state index in [0.29, 0.717) is 12.2 Å². The monoisotopic (exact) mass is 450 g/mol. The van der Waals surface area contributed by atoms with Crippen LogP contribution >= 0.6 is 0 Å². The zero-order valence-electron chi connectivity index (χ0n) is 18.2. The molecule has 0 radical (unpaired) electrons. The van der Waals surface area contributed by atoms with Gasteiger partial charge in [0.05, 0.1) is 21.9 Å². The van der Waals surface area contributed by atoms with Crippen molar-refractivity contribution in [1.82, 2.24) is 9.88 Å². The summed E-state index contributed by atoms with van der Waals surface area (Å²) in [4.78, 5) is 23.7. The Morgan fingerprint density at radius 2 is 1.84 bits per heavy atom. The van der Waals surface area contributed by atoms with E-state index in [0.717, 1.165) is 35.2 Å². The van der Waals surface area contributed by atoms with Crippen LogP contribution in [0.15, 0.2) is 64.6 Å². The lowest BCUT2D eigenvalue weighted by Crippen LogP contribution is -2.29. The van der Waals surface area contributed by atoms with Gasteiger partial charge in [0.2, 0.25) is 5.91 Å². The van der Waals surface area contributed by atoms with Crippen molar-refractivity contribution in [3.8, 4) is 0 Å². The van der Waals surface area contributed by atoms with E-state index in [1.165, 1.54) is 0 Å². The number of anilines is 1. The maximum Gasteiger partial charge on any atom is 0.237 e. The predicted molar refractivity (Wildman–Crippen MR) is 128 cm³/mol. The molecular weight excluding hydrogens is 424 g/mol. The lowest BCUT2D eigenvalue weighted by Gasteiger charge is -2.17. The van der Waals surface area contributed by atoms with Crippen molar-refractivity contribution >= 4 is 44.2 Å². The Labute approximate surface area is 188 Å². The first-order chi connectivity index (χ1) is 15.4. The molecule has 1 aromatic heterocycles. The quantitative estimate of drug-likeness (QED) is 0.527. The van der Waals surface area contributed by atoms with Crippen LogP contribution in [0.1, 0.15) is 25.3 Å². The highest BCUT2D eigenvalue weighted by atomic mass is 32.2. The smallest absolute Gasteiger partial charge is 0.237 e. The second kappa shape index (κ2) is 9.18. The number of pyridine rings is 1. The number of aliphatic imine (C=N–C) groups is 1. The number of rotatable bonds is 8. The van der Waals surface area contributed by atoms with Crippen LogP contribution in [0, 0.1) is 0 Å². The molecule has 2 aromatic carbocycles. The fourth-order valence-corrected chi connectivity index (χ4v) is 5.20. The molecule has 0 aliphatic carbocycles. The number of hydrogen-bond acceptors (Lipinski definition) is 6. The third-order valence-electron chi connectivity index (χ3n) is 5.82. The minimum absolute atomic E-state index is 0.0808. The number of fused-ring (bicyclic) bond motifs is 3. The predicted octanol–water partition coefficient (Wildman–Crippen LogP) is 3.79. The van der Waals surface area contributed by atoms with Gasteiger partial charge in [0.25, 0.3) is 0 Å². The normalized spacial score (nSPS) is 16.1. The van der Waals surface area contributed by atoms with Gasteiger partial charge < -0.3 is 10.2 Å². The highest BCUT2D eigenvalue weighted by Gasteiger charge is 2.31. The Hall–Kier alpha value is -3.10. The van der Waals surface area contributed by atoms with E-state index in [4.69, 9.17) is 0 Å². The summed E-state index contributed by atoms with van der Waals surface area (Å²) in [5, 5.41) is 3.81. The topological polar surface area (TPSA) is 91.7 Å². The maximum absolute atomic E-state index is 12.6. The van der Waals surface area contributed by atoms with E-state index in [9.17, 15) is 13.2 Å². The van der Waals surface area contributed by atoms with Gasteiger partial charge in [0, 0.05) is 35.6 Å². The van der Waals surface area contributed by atoms with E-state index in [2.05, 4.69) is 20.2 Å². The van der Waals surface area contributed by atoms with Crippen LogP contribution < -0.4 is 5.32 Å². The van der Waals surface area contributed by atoms with Crippen molar-refractivity contribution in [1.29, 1.82) is 0 Å². The SMILES string of the molecule is CCN(CC)CCS(=O)(=O)c1ccc(N=CC2C(=O)Nc3ccc4ncccc4c32)cc1. The zero-order chi connectivity index (χ0) is 22.7. The van der Waals surface area contributed by atoms with Crippen LogP contribution in [-0.2, 0) is 14.6 Å². The number of carbonyl (C=O) groups excluding carboxylic acids is 1. The molecule has 4 rings (SSSR count). The molecule has 3 aromatic rings. The average molecular weight is 451 g/mol. The summed E-state index contributed by atoms with van der Waals surface area (Å²) >= 11 is 0. The first-order valence-electron chi connectivity index (χ1n) is 10.7. The van der Waals surface area contributed by atoms with E-state index >= 15 is 0 Å². The molecule has 0 saturated heterocycles. The third-order valence-corrected chi connectivity index (χ3v) is 7.53. The van der Waals surface area contributed by atoms with Crippen molar-refractivity contribution in [3.63, 3.8) is 0 Å². The van der Waals surface area contributed by atoms with Crippen LogP contribution in [0.25, 0.3) is 10.9 Å². The molecule has 1 N–H and O–H groups in total. The molecule has 0 saturated carbocycles. The van der Waals surface area contributed by atoms with Crippen molar-refractivity contribution in [2.24, 2.45) is 4.99 Å². The van der Waals surface area contributed by atoms with Gasteiger partial charge in [-0.05, 0) is 55.6 Å². The molecule has 1 aliphatic rings. The second-order valence-corrected chi connectivity index (χ2v) is 9.79. The number of sulfone groups is 1. The molecule has 0 spiro atoms. The van der Waals surface area contributed by atoms with Crippen LogP contribution in [0.3, 0.4) is 0 Å². The van der Waals surface area contributed by atoms with Gasteiger partial charge in [-0.25, -0.2) is 8.42 Å². The van der Waals surface area contributed by atoms with Crippen LogP contribution in [0.2, 0.25) is 0 Å². The molecule has 0 bridgehead atoms. The van der Waals surface area contributed by atoms with Crippen LogP contribution in [0.4, 0.5) is 11.4 Å². The summed E-state index contributed by atoms with van der Waals surface area (Å²) in [5.41, 5.74) is 3.04. The Bertz CT molecular complexity index is 1270. The van der Waals surface area contributed by atoms with Crippen molar-refractivity contribution in [2.45, 2.75) is 24.7 Å². The third kappa shape index (κ3) is 4.42. The number of nitrogens with one attached hydrogen (secondary N) is 1. The lowest BCUT2D eigenvalue weighted by molar-refractivity contribution is -0.115. The van der Waals surface area contributed by atoms with Gasteiger partial charge in [0.15, 0.2) is 9.84 Å². The van der Waals surface area contributed by atoms with E-state index in [1.54, 1.807) is 36.7 Å².